The number of benzene rings is 2. The lowest BCUT2D eigenvalue weighted by Crippen LogP contribution is -2.10. The fraction of sp³-hybridized carbons (Fsp3) is 0.235. The normalized spacial score (nSPS) is 11.8. The van der Waals surface area contributed by atoms with Crippen LogP contribution in [0, 0.1) is 5.82 Å². The van der Waals surface area contributed by atoms with Crippen LogP contribution in [0.5, 0.6) is 11.5 Å². The van der Waals surface area contributed by atoms with Gasteiger partial charge in [0.25, 0.3) is 0 Å². The average Bonchev–Trinajstić information content (AvgIpc) is 2.53. The quantitative estimate of drug-likeness (QED) is 0.833. The lowest BCUT2D eigenvalue weighted by Gasteiger charge is -2.14. The molecule has 1 atom stereocenters. The molecule has 2 rings (SSSR count). The van der Waals surface area contributed by atoms with Crippen molar-refractivity contribution >= 4 is 5.78 Å². The smallest absolute Gasteiger partial charge is 0.163 e. The fourth-order valence-corrected chi connectivity index (χ4v) is 2.01. The van der Waals surface area contributed by atoms with E-state index in [4.69, 9.17) is 9.47 Å². The van der Waals surface area contributed by atoms with Gasteiger partial charge in [-0.2, -0.15) is 0 Å². The molecule has 4 nitrogen and oxygen atoms in total. The summed E-state index contributed by atoms with van der Waals surface area (Å²) in [6, 6.07) is 10.4. The van der Waals surface area contributed by atoms with Crippen molar-refractivity contribution in [3.05, 3.63) is 59.4 Å². The summed E-state index contributed by atoms with van der Waals surface area (Å²) >= 11 is 0. The topological polar surface area (TPSA) is 55.8 Å². The lowest BCUT2D eigenvalue weighted by molar-refractivity contribution is 0.101. The highest BCUT2D eigenvalue weighted by molar-refractivity contribution is 5.97. The molecule has 0 spiro atoms. The highest BCUT2D eigenvalue weighted by atomic mass is 19.1. The van der Waals surface area contributed by atoms with E-state index in [9.17, 15) is 14.3 Å². The van der Waals surface area contributed by atoms with Crippen molar-refractivity contribution in [2.45, 2.75) is 13.0 Å². The van der Waals surface area contributed by atoms with Gasteiger partial charge in [-0.1, -0.05) is 12.1 Å². The second-order valence-corrected chi connectivity index (χ2v) is 4.80. The molecule has 0 bridgehead atoms. The van der Waals surface area contributed by atoms with Crippen molar-refractivity contribution in [3.63, 3.8) is 0 Å². The maximum Gasteiger partial charge on any atom is 0.163 e. The molecule has 0 amide bonds. The van der Waals surface area contributed by atoms with Crippen LogP contribution < -0.4 is 9.47 Å². The van der Waals surface area contributed by atoms with Gasteiger partial charge >= 0.3 is 0 Å². The highest BCUT2D eigenvalue weighted by Gasteiger charge is 2.12. The van der Waals surface area contributed by atoms with Gasteiger partial charge in [0.2, 0.25) is 0 Å². The number of halogens is 1. The third-order valence-electron chi connectivity index (χ3n) is 3.21. The molecule has 0 aliphatic rings. The van der Waals surface area contributed by atoms with E-state index in [0.717, 1.165) is 0 Å². The zero-order valence-electron chi connectivity index (χ0n) is 12.4. The molecule has 2 aromatic carbocycles. The molecule has 2 aromatic rings. The van der Waals surface area contributed by atoms with Gasteiger partial charge in [-0.05, 0) is 42.8 Å². The Balaban J connectivity index is 2.06. The van der Waals surface area contributed by atoms with Crippen molar-refractivity contribution in [1.29, 1.82) is 0 Å². The number of ketones is 1. The van der Waals surface area contributed by atoms with Crippen LogP contribution in [0.2, 0.25) is 0 Å². The number of carbonyl (C=O) groups excluding carboxylic acids is 1. The molecule has 1 N–H and O–H groups in total. The van der Waals surface area contributed by atoms with Crippen molar-refractivity contribution in [3.8, 4) is 11.5 Å². The molecule has 0 saturated carbocycles. The number of rotatable bonds is 6. The van der Waals surface area contributed by atoms with Crippen LogP contribution in [-0.2, 0) is 0 Å². The Morgan fingerprint density at radius 1 is 1.23 bits per heavy atom. The molecule has 0 aromatic heterocycles. The van der Waals surface area contributed by atoms with Crippen LogP contribution in [-0.4, -0.2) is 24.6 Å². The van der Waals surface area contributed by atoms with Crippen molar-refractivity contribution in [2.75, 3.05) is 13.7 Å². The highest BCUT2D eigenvalue weighted by Crippen LogP contribution is 2.25. The standard InChI is InChI=1S/C17H17FO4/c1-11(19)15-9-14(7-8-17(15)21-2)22-10-16(20)12-3-5-13(18)6-4-12/h3-9,16,20H,10H2,1-2H3. The number of methoxy groups -OCH3 is 1. The number of aliphatic hydroxyl groups is 1. The van der Waals surface area contributed by atoms with Gasteiger partial charge in [0.1, 0.15) is 30.0 Å². The van der Waals surface area contributed by atoms with E-state index in [1.165, 1.54) is 38.3 Å². The Hall–Kier alpha value is -2.40. The molecule has 0 saturated heterocycles. The van der Waals surface area contributed by atoms with Gasteiger partial charge in [0.05, 0.1) is 12.7 Å². The minimum absolute atomic E-state index is 0.00466. The van der Waals surface area contributed by atoms with E-state index >= 15 is 0 Å². The summed E-state index contributed by atoms with van der Waals surface area (Å²) in [4.78, 5) is 11.5. The first kappa shape index (κ1) is 16.0. The first-order chi connectivity index (χ1) is 10.5. The zero-order valence-corrected chi connectivity index (χ0v) is 12.4. The van der Waals surface area contributed by atoms with Crippen LogP contribution in [0.4, 0.5) is 4.39 Å². The third-order valence-corrected chi connectivity index (χ3v) is 3.21. The summed E-state index contributed by atoms with van der Waals surface area (Å²) in [7, 11) is 1.49. The predicted octanol–water partition coefficient (Wildman–Crippen LogP) is 3.15. The van der Waals surface area contributed by atoms with Gasteiger partial charge < -0.3 is 14.6 Å². The predicted molar refractivity (Wildman–Crippen MR) is 79.9 cm³/mol. The molecule has 0 heterocycles. The second-order valence-electron chi connectivity index (χ2n) is 4.80. The van der Waals surface area contributed by atoms with Gasteiger partial charge in [-0.3, -0.25) is 4.79 Å². The molecular formula is C17H17FO4. The number of aliphatic hydroxyl groups excluding tert-OH is 1. The lowest BCUT2D eigenvalue weighted by atomic mass is 10.1. The summed E-state index contributed by atoms with van der Waals surface area (Å²) in [6.07, 6.45) is -0.886. The Bertz CT molecular complexity index is 652. The van der Waals surface area contributed by atoms with Gasteiger partial charge in [-0.15, -0.1) is 0 Å². The molecular weight excluding hydrogens is 287 g/mol. The van der Waals surface area contributed by atoms with Gasteiger partial charge in [0, 0.05) is 0 Å². The summed E-state index contributed by atoms with van der Waals surface area (Å²) < 4.78 is 23.4. The van der Waals surface area contributed by atoms with E-state index < -0.39 is 6.10 Å². The van der Waals surface area contributed by atoms with Crippen molar-refractivity contribution in [1.82, 2.24) is 0 Å². The van der Waals surface area contributed by atoms with E-state index in [-0.39, 0.29) is 18.2 Å². The summed E-state index contributed by atoms with van der Waals surface area (Å²) in [5.41, 5.74) is 0.970. The van der Waals surface area contributed by atoms with Crippen LogP contribution in [0.15, 0.2) is 42.5 Å². The van der Waals surface area contributed by atoms with Gasteiger partial charge in [0.15, 0.2) is 5.78 Å². The molecule has 0 aliphatic heterocycles. The molecule has 0 fully saturated rings. The zero-order chi connectivity index (χ0) is 16.1. The first-order valence-electron chi connectivity index (χ1n) is 6.76. The number of Topliss-reactive ketones (excluding diaryl/α,β-unsaturated/α-hetero) is 1. The number of hydrogen-bond acceptors (Lipinski definition) is 4. The molecule has 0 radical (unpaired) electrons. The number of ether oxygens (including phenoxy) is 2. The first-order valence-corrected chi connectivity index (χ1v) is 6.76. The maximum absolute atomic E-state index is 12.8. The van der Waals surface area contributed by atoms with Crippen molar-refractivity contribution in [2.24, 2.45) is 0 Å². The number of carbonyl (C=O) groups is 1. The minimum atomic E-state index is -0.886. The summed E-state index contributed by atoms with van der Waals surface area (Å²) in [5.74, 6) is 0.422. The number of hydrogen-bond donors (Lipinski definition) is 1. The Morgan fingerprint density at radius 2 is 1.91 bits per heavy atom. The largest absolute Gasteiger partial charge is 0.496 e. The van der Waals surface area contributed by atoms with Crippen LogP contribution in [0.25, 0.3) is 0 Å². The SMILES string of the molecule is COc1ccc(OCC(O)c2ccc(F)cc2)cc1C(C)=O. The Kier molecular flexibility index (Phi) is 5.12. The average molecular weight is 304 g/mol. The Morgan fingerprint density at radius 3 is 2.50 bits per heavy atom. The molecule has 22 heavy (non-hydrogen) atoms. The molecule has 0 aliphatic carbocycles. The van der Waals surface area contributed by atoms with Gasteiger partial charge in [-0.25, -0.2) is 4.39 Å². The fourth-order valence-electron chi connectivity index (χ4n) is 2.01. The molecule has 116 valence electrons. The van der Waals surface area contributed by atoms with Crippen LogP contribution in [0.1, 0.15) is 28.9 Å². The second kappa shape index (κ2) is 7.04. The third kappa shape index (κ3) is 3.83. The molecule has 1 unspecified atom stereocenters. The van der Waals surface area contributed by atoms with E-state index in [1.807, 2.05) is 0 Å². The van der Waals surface area contributed by atoms with Crippen LogP contribution >= 0.6 is 0 Å². The van der Waals surface area contributed by atoms with E-state index in [2.05, 4.69) is 0 Å². The van der Waals surface area contributed by atoms with E-state index in [0.29, 0.717) is 22.6 Å². The molecule has 5 heteroatoms. The maximum atomic E-state index is 12.8. The van der Waals surface area contributed by atoms with Crippen molar-refractivity contribution < 1.29 is 23.8 Å². The minimum Gasteiger partial charge on any atom is -0.496 e. The van der Waals surface area contributed by atoms with E-state index in [1.54, 1.807) is 18.2 Å². The summed E-state index contributed by atoms with van der Waals surface area (Å²) in [5, 5.41) is 10.0. The Labute approximate surface area is 128 Å². The monoisotopic (exact) mass is 304 g/mol. The van der Waals surface area contributed by atoms with Crippen LogP contribution in [0.3, 0.4) is 0 Å². The summed E-state index contributed by atoms with van der Waals surface area (Å²) in [6.45, 7) is 1.43.